The van der Waals surface area contributed by atoms with E-state index >= 15 is 0 Å². The minimum absolute atomic E-state index is 0.160. The predicted octanol–water partition coefficient (Wildman–Crippen LogP) is 3.08. The van der Waals surface area contributed by atoms with Crippen molar-refractivity contribution in [1.29, 1.82) is 0 Å². The second kappa shape index (κ2) is 9.61. The van der Waals surface area contributed by atoms with Crippen LogP contribution in [-0.2, 0) is 11.2 Å². The van der Waals surface area contributed by atoms with Gasteiger partial charge in [-0.1, -0.05) is 22.9 Å². The Balaban J connectivity index is 2.07. The molecule has 2 aromatic carbocycles. The molecule has 1 aromatic heterocycles. The number of hydrogen-bond donors (Lipinski definition) is 1. The quantitative estimate of drug-likeness (QED) is 0.483. The van der Waals surface area contributed by atoms with Crippen molar-refractivity contribution in [3.05, 3.63) is 56.5 Å². The number of carboxylic acids is 1. The number of halogens is 1. The molecule has 0 saturated heterocycles. The van der Waals surface area contributed by atoms with Gasteiger partial charge in [0, 0.05) is 16.5 Å². The smallest absolute Gasteiger partial charge is 0.341 e. The van der Waals surface area contributed by atoms with Crippen LogP contribution in [0.3, 0.4) is 0 Å². The monoisotopic (exact) mass is 489 g/mol. The van der Waals surface area contributed by atoms with Gasteiger partial charge in [0.15, 0.2) is 18.1 Å². The molecule has 1 heterocycles. The van der Waals surface area contributed by atoms with E-state index in [1.807, 2.05) is 13.0 Å². The molecule has 9 nitrogen and oxygen atoms in total. The maximum absolute atomic E-state index is 13.0. The minimum atomic E-state index is -1.13. The lowest BCUT2D eigenvalue weighted by Crippen LogP contribution is -2.22. The van der Waals surface area contributed by atoms with Gasteiger partial charge in [-0.15, -0.1) is 0 Å². The third-order valence-electron chi connectivity index (χ3n) is 4.34. The number of benzene rings is 2. The fourth-order valence-corrected chi connectivity index (χ4v) is 3.28. The van der Waals surface area contributed by atoms with E-state index in [-0.39, 0.29) is 22.8 Å². The number of nitrogens with zero attached hydrogens (tertiary/aromatic N) is 3. The third-order valence-corrected chi connectivity index (χ3v) is 4.83. The number of hydrogen-bond acceptors (Lipinski definition) is 7. The molecule has 0 fully saturated rings. The molecule has 0 radical (unpaired) electrons. The number of ether oxygens (including phenoxy) is 3. The standard InChI is InChI=1S/C21H20BrN3O6/c1-4-18-24-15-6-5-13(22)9-14(15)21(28)25(18)23-10-12-7-16(29-2)20(17(8-12)30-3)31-11-19(26)27/h5-10H,4,11H2,1-3H3,(H,26,27). The SMILES string of the molecule is CCc1nc2ccc(Br)cc2c(=O)n1N=Cc1cc(OC)c(OCC(=O)O)c(OC)c1. The van der Waals surface area contributed by atoms with Crippen LogP contribution in [0.15, 0.2) is 44.7 Å². The molecule has 0 bridgehead atoms. The highest BCUT2D eigenvalue weighted by molar-refractivity contribution is 9.10. The Morgan fingerprint density at radius 2 is 1.90 bits per heavy atom. The van der Waals surface area contributed by atoms with Crippen LogP contribution < -0.4 is 19.8 Å². The molecule has 0 aliphatic carbocycles. The van der Waals surface area contributed by atoms with E-state index in [1.165, 1.54) is 25.1 Å². The Bertz CT molecular complexity index is 1200. The topological polar surface area (TPSA) is 112 Å². The molecule has 0 aliphatic rings. The van der Waals surface area contributed by atoms with Gasteiger partial charge in [0.25, 0.3) is 5.56 Å². The number of aromatic nitrogens is 2. The van der Waals surface area contributed by atoms with Crippen LogP contribution in [-0.4, -0.2) is 47.8 Å². The van der Waals surface area contributed by atoms with E-state index < -0.39 is 12.6 Å². The zero-order chi connectivity index (χ0) is 22.5. The van der Waals surface area contributed by atoms with Crippen molar-refractivity contribution in [3.8, 4) is 17.2 Å². The summed E-state index contributed by atoms with van der Waals surface area (Å²) in [5.74, 6) is 0.0811. The van der Waals surface area contributed by atoms with Crippen molar-refractivity contribution >= 4 is 39.0 Å². The summed E-state index contributed by atoms with van der Waals surface area (Å²) in [7, 11) is 2.85. The van der Waals surface area contributed by atoms with Gasteiger partial charge in [-0.2, -0.15) is 9.78 Å². The first kappa shape index (κ1) is 22.3. The van der Waals surface area contributed by atoms with Crippen LogP contribution in [0.1, 0.15) is 18.3 Å². The highest BCUT2D eigenvalue weighted by atomic mass is 79.9. The highest BCUT2D eigenvalue weighted by Gasteiger charge is 2.15. The highest BCUT2D eigenvalue weighted by Crippen LogP contribution is 2.38. The molecule has 10 heteroatoms. The summed E-state index contributed by atoms with van der Waals surface area (Å²) in [5.41, 5.74) is 0.860. The van der Waals surface area contributed by atoms with E-state index in [0.717, 1.165) is 4.47 Å². The van der Waals surface area contributed by atoms with Crippen LogP contribution >= 0.6 is 15.9 Å². The molecule has 0 saturated carbocycles. The zero-order valence-corrected chi connectivity index (χ0v) is 18.7. The van der Waals surface area contributed by atoms with Gasteiger partial charge in [0.05, 0.1) is 31.3 Å². The number of methoxy groups -OCH3 is 2. The molecule has 3 aromatic rings. The normalized spacial score (nSPS) is 11.1. The number of aryl methyl sites for hydroxylation is 1. The van der Waals surface area contributed by atoms with Crippen molar-refractivity contribution in [2.45, 2.75) is 13.3 Å². The summed E-state index contributed by atoms with van der Waals surface area (Å²) in [6.45, 7) is 1.34. The first-order valence-corrected chi connectivity index (χ1v) is 10.0. The Morgan fingerprint density at radius 3 is 2.48 bits per heavy atom. The van der Waals surface area contributed by atoms with Crippen molar-refractivity contribution < 1.29 is 24.1 Å². The van der Waals surface area contributed by atoms with Crippen LogP contribution in [0.4, 0.5) is 0 Å². The van der Waals surface area contributed by atoms with Gasteiger partial charge in [0.2, 0.25) is 5.75 Å². The molecule has 0 spiro atoms. The summed E-state index contributed by atoms with van der Waals surface area (Å²) in [5, 5.41) is 13.6. The average Bonchev–Trinajstić information content (AvgIpc) is 2.76. The number of carboxylic acid groups (broad SMARTS) is 1. The molecule has 0 aliphatic heterocycles. The lowest BCUT2D eigenvalue weighted by molar-refractivity contribution is -0.139. The second-order valence-electron chi connectivity index (χ2n) is 6.34. The predicted molar refractivity (Wildman–Crippen MR) is 119 cm³/mol. The van der Waals surface area contributed by atoms with Crippen molar-refractivity contribution in [1.82, 2.24) is 9.66 Å². The van der Waals surface area contributed by atoms with Gasteiger partial charge >= 0.3 is 5.97 Å². The van der Waals surface area contributed by atoms with Crippen LogP contribution in [0, 0.1) is 0 Å². The summed E-state index contributed by atoms with van der Waals surface area (Å²) in [4.78, 5) is 28.4. The fourth-order valence-electron chi connectivity index (χ4n) is 2.92. The van der Waals surface area contributed by atoms with Crippen LogP contribution in [0.2, 0.25) is 0 Å². The summed E-state index contributed by atoms with van der Waals surface area (Å²) in [6, 6.07) is 8.51. The Morgan fingerprint density at radius 1 is 1.23 bits per heavy atom. The Labute approximate surface area is 186 Å². The lowest BCUT2D eigenvalue weighted by Gasteiger charge is -2.14. The van der Waals surface area contributed by atoms with Gasteiger partial charge in [-0.25, -0.2) is 9.78 Å². The summed E-state index contributed by atoms with van der Waals surface area (Å²) < 4.78 is 17.9. The van der Waals surface area contributed by atoms with Crippen molar-refractivity contribution in [2.75, 3.05) is 20.8 Å². The lowest BCUT2D eigenvalue weighted by atomic mass is 10.2. The molecule has 0 unspecified atom stereocenters. The number of fused-ring (bicyclic) bond motifs is 1. The van der Waals surface area contributed by atoms with Crippen LogP contribution in [0.25, 0.3) is 10.9 Å². The van der Waals surface area contributed by atoms with Gasteiger partial charge in [-0.05, 0) is 30.3 Å². The van der Waals surface area contributed by atoms with Crippen LogP contribution in [0.5, 0.6) is 17.2 Å². The average molecular weight is 490 g/mol. The van der Waals surface area contributed by atoms with Gasteiger partial charge in [-0.3, -0.25) is 4.79 Å². The molecule has 31 heavy (non-hydrogen) atoms. The van der Waals surface area contributed by atoms with E-state index in [1.54, 1.807) is 24.3 Å². The first-order valence-electron chi connectivity index (χ1n) is 9.24. The minimum Gasteiger partial charge on any atom is -0.493 e. The van der Waals surface area contributed by atoms with E-state index in [2.05, 4.69) is 26.0 Å². The molecule has 0 amide bonds. The number of rotatable bonds is 8. The van der Waals surface area contributed by atoms with Gasteiger partial charge in [0.1, 0.15) is 5.82 Å². The fraction of sp³-hybridized carbons (Fsp3) is 0.238. The number of aliphatic carboxylic acids is 1. The zero-order valence-electron chi connectivity index (χ0n) is 17.1. The summed E-state index contributed by atoms with van der Waals surface area (Å²) >= 11 is 3.37. The first-order chi connectivity index (χ1) is 14.9. The largest absolute Gasteiger partial charge is 0.493 e. The molecule has 1 N–H and O–H groups in total. The third kappa shape index (κ3) is 4.85. The van der Waals surface area contributed by atoms with E-state index in [4.69, 9.17) is 19.3 Å². The molecule has 0 atom stereocenters. The maximum atomic E-state index is 13.0. The molecular weight excluding hydrogens is 470 g/mol. The second-order valence-corrected chi connectivity index (χ2v) is 7.26. The van der Waals surface area contributed by atoms with Gasteiger partial charge < -0.3 is 19.3 Å². The van der Waals surface area contributed by atoms with Crippen molar-refractivity contribution in [3.63, 3.8) is 0 Å². The molecular formula is C21H20BrN3O6. The number of carbonyl (C=O) groups is 1. The van der Waals surface area contributed by atoms with E-state index in [0.29, 0.717) is 28.7 Å². The van der Waals surface area contributed by atoms with E-state index in [9.17, 15) is 9.59 Å². The molecule has 3 rings (SSSR count). The Kier molecular flexibility index (Phi) is 6.91. The molecule has 162 valence electrons. The maximum Gasteiger partial charge on any atom is 0.341 e. The summed E-state index contributed by atoms with van der Waals surface area (Å²) in [6.07, 6.45) is 1.98. The Hall–Kier alpha value is -3.40. The van der Waals surface area contributed by atoms with Crippen molar-refractivity contribution in [2.24, 2.45) is 5.10 Å².